The lowest BCUT2D eigenvalue weighted by molar-refractivity contribution is -0.121. The van der Waals surface area contributed by atoms with Gasteiger partial charge in [-0.3, -0.25) is 4.79 Å². The average Bonchev–Trinajstić information content (AvgIpc) is 2.29. The highest BCUT2D eigenvalue weighted by Crippen LogP contribution is 2.21. The smallest absolute Gasteiger partial charge is 0.210 e. The van der Waals surface area contributed by atoms with Gasteiger partial charge in [-0.2, -0.15) is 0 Å². The van der Waals surface area contributed by atoms with Gasteiger partial charge in [-0.1, -0.05) is 12.1 Å². The molecule has 0 spiro atoms. The third-order valence-electron chi connectivity index (χ3n) is 2.65. The van der Waals surface area contributed by atoms with Crippen LogP contribution in [0.5, 0.6) is 0 Å². The SMILES string of the molecule is O=CN1CCNCC1c1cccc(F)c1. The van der Waals surface area contributed by atoms with Crippen molar-refractivity contribution in [1.29, 1.82) is 0 Å². The van der Waals surface area contributed by atoms with E-state index in [9.17, 15) is 9.18 Å². The highest BCUT2D eigenvalue weighted by molar-refractivity contribution is 5.49. The third kappa shape index (κ3) is 2.15. The first kappa shape index (κ1) is 10.1. The molecule has 1 fully saturated rings. The van der Waals surface area contributed by atoms with Gasteiger partial charge in [0.15, 0.2) is 0 Å². The van der Waals surface area contributed by atoms with E-state index < -0.39 is 0 Å². The van der Waals surface area contributed by atoms with Crippen molar-refractivity contribution < 1.29 is 9.18 Å². The number of rotatable bonds is 2. The molecule has 1 unspecified atom stereocenters. The molecule has 1 aromatic rings. The van der Waals surface area contributed by atoms with Gasteiger partial charge in [-0.25, -0.2) is 4.39 Å². The minimum Gasteiger partial charge on any atom is -0.336 e. The fraction of sp³-hybridized carbons (Fsp3) is 0.364. The Bertz CT molecular complexity index is 356. The van der Waals surface area contributed by atoms with Gasteiger partial charge in [0.2, 0.25) is 6.41 Å². The van der Waals surface area contributed by atoms with Crippen molar-refractivity contribution in [2.75, 3.05) is 19.6 Å². The summed E-state index contributed by atoms with van der Waals surface area (Å²) in [5.74, 6) is -0.260. The number of nitrogens with one attached hydrogen (secondary N) is 1. The predicted octanol–water partition coefficient (Wildman–Crippen LogP) is 0.928. The molecule has 0 aromatic heterocycles. The normalized spacial score (nSPS) is 21.4. The summed E-state index contributed by atoms with van der Waals surface area (Å²) >= 11 is 0. The lowest BCUT2D eigenvalue weighted by Crippen LogP contribution is -2.45. The number of hydrogen-bond donors (Lipinski definition) is 1. The van der Waals surface area contributed by atoms with E-state index in [0.717, 1.165) is 18.5 Å². The van der Waals surface area contributed by atoms with Gasteiger partial charge < -0.3 is 10.2 Å². The second-order valence-corrected chi connectivity index (χ2v) is 3.62. The third-order valence-corrected chi connectivity index (χ3v) is 2.65. The molecule has 0 saturated carbocycles. The molecule has 80 valence electrons. The Hall–Kier alpha value is -1.42. The summed E-state index contributed by atoms with van der Waals surface area (Å²) in [6.07, 6.45) is 0.830. The van der Waals surface area contributed by atoms with E-state index in [2.05, 4.69) is 5.32 Å². The lowest BCUT2D eigenvalue weighted by atomic mass is 10.0. The molecule has 1 atom stereocenters. The first-order valence-electron chi connectivity index (χ1n) is 4.98. The van der Waals surface area contributed by atoms with Crippen LogP contribution < -0.4 is 5.32 Å². The molecular formula is C11H13FN2O. The summed E-state index contributed by atoms with van der Waals surface area (Å²) in [5, 5.41) is 3.19. The minimum atomic E-state index is -0.260. The van der Waals surface area contributed by atoms with Gasteiger partial charge in [0.05, 0.1) is 6.04 Å². The van der Waals surface area contributed by atoms with Crippen LogP contribution in [-0.2, 0) is 4.79 Å². The summed E-state index contributed by atoms with van der Waals surface area (Å²) in [6, 6.07) is 6.35. The van der Waals surface area contributed by atoms with Gasteiger partial charge in [-0.15, -0.1) is 0 Å². The zero-order valence-corrected chi connectivity index (χ0v) is 8.32. The molecule has 15 heavy (non-hydrogen) atoms. The molecule has 1 saturated heterocycles. The van der Waals surface area contributed by atoms with Gasteiger partial charge in [0.25, 0.3) is 0 Å². The fourth-order valence-corrected chi connectivity index (χ4v) is 1.87. The van der Waals surface area contributed by atoms with Crippen LogP contribution in [-0.4, -0.2) is 30.9 Å². The summed E-state index contributed by atoms with van der Waals surface area (Å²) in [6.45, 7) is 2.15. The van der Waals surface area contributed by atoms with Crippen molar-refractivity contribution in [2.24, 2.45) is 0 Å². The number of amides is 1. The van der Waals surface area contributed by atoms with Crippen molar-refractivity contribution in [2.45, 2.75) is 6.04 Å². The fourth-order valence-electron chi connectivity index (χ4n) is 1.87. The zero-order valence-electron chi connectivity index (χ0n) is 8.32. The highest BCUT2D eigenvalue weighted by atomic mass is 19.1. The Labute approximate surface area is 87.9 Å². The number of nitrogens with zero attached hydrogens (tertiary/aromatic N) is 1. The zero-order chi connectivity index (χ0) is 10.7. The lowest BCUT2D eigenvalue weighted by Gasteiger charge is -2.33. The van der Waals surface area contributed by atoms with Gasteiger partial charge >= 0.3 is 0 Å². The molecule has 3 nitrogen and oxygen atoms in total. The molecule has 1 heterocycles. The van der Waals surface area contributed by atoms with Gasteiger partial charge in [0.1, 0.15) is 5.82 Å². The Kier molecular flexibility index (Phi) is 2.97. The van der Waals surface area contributed by atoms with Gasteiger partial charge in [0, 0.05) is 19.6 Å². The molecule has 1 N–H and O–H groups in total. The van der Waals surface area contributed by atoms with E-state index in [-0.39, 0.29) is 11.9 Å². The Morgan fingerprint density at radius 2 is 2.40 bits per heavy atom. The van der Waals surface area contributed by atoms with Crippen LogP contribution >= 0.6 is 0 Å². The first-order valence-corrected chi connectivity index (χ1v) is 4.98. The van der Waals surface area contributed by atoms with Gasteiger partial charge in [-0.05, 0) is 17.7 Å². The summed E-state index contributed by atoms with van der Waals surface area (Å²) in [5.41, 5.74) is 0.842. The molecule has 1 aliphatic heterocycles. The minimum absolute atomic E-state index is 0.0491. The number of benzene rings is 1. The summed E-state index contributed by atoms with van der Waals surface area (Å²) in [7, 11) is 0. The maximum Gasteiger partial charge on any atom is 0.210 e. The Morgan fingerprint density at radius 1 is 1.53 bits per heavy atom. The molecule has 1 amide bonds. The van der Waals surface area contributed by atoms with Crippen LogP contribution in [0.1, 0.15) is 11.6 Å². The van der Waals surface area contributed by atoms with Crippen LogP contribution in [0.25, 0.3) is 0 Å². The summed E-state index contributed by atoms with van der Waals surface area (Å²) in [4.78, 5) is 12.5. The van der Waals surface area contributed by atoms with Crippen molar-refractivity contribution in [3.05, 3.63) is 35.6 Å². The average molecular weight is 208 g/mol. The number of halogens is 1. The number of piperazine rings is 1. The molecule has 4 heteroatoms. The van der Waals surface area contributed by atoms with E-state index in [0.29, 0.717) is 13.1 Å². The summed E-state index contributed by atoms with van der Waals surface area (Å²) < 4.78 is 13.0. The van der Waals surface area contributed by atoms with Crippen LogP contribution in [0.15, 0.2) is 24.3 Å². The standard InChI is InChI=1S/C11H13FN2O/c12-10-3-1-2-9(6-10)11-7-13-4-5-14(11)8-15/h1-3,6,8,11,13H,4-5,7H2. The number of carbonyl (C=O) groups is 1. The van der Waals surface area contributed by atoms with Crippen LogP contribution in [0, 0.1) is 5.82 Å². The van der Waals surface area contributed by atoms with E-state index in [1.165, 1.54) is 12.1 Å². The molecule has 0 bridgehead atoms. The maximum absolute atomic E-state index is 13.0. The molecule has 2 rings (SSSR count). The maximum atomic E-state index is 13.0. The molecule has 0 radical (unpaired) electrons. The Balaban J connectivity index is 2.23. The monoisotopic (exact) mass is 208 g/mol. The number of carbonyl (C=O) groups excluding carboxylic acids is 1. The number of hydrogen-bond acceptors (Lipinski definition) is 2. The highest BCUT2D eigenvalue weighted by Gasteiger charge is 2.22. The van der Waals surface area contributed by atoms with Crippen LogP contribution in [0.3, 0.4) is 0 Å². The first-order chi connectivity index (χ1) is 7.31. The largest absolute Gasteiger partial charge is 0.336 e. The predicted molar refractivity (Wildman–Crippen MR) is 54.8 cm³/mol. The quantitative estimate of drug-likeness (QED) is 0.733. The molecular weight excluding hydrogens is 195 g/mol. The Morgan fingerprint density at radius 3 is 3.13 bits per heavy atom. The van der Waals surface area contributed by atoms with Crippen LogP contribution in [0.2, 0.25) is 0 Å². The molecule has 1 aliphatic rings. The molecule has 0 aliphatic carbocycles. The van der Waals surface area contributed by atoms with Crippen molar-refractivity contribution in [3.8, 4) is 0 Å². The van der Waals surface area contributed by atoms with Crippen LogP contribution in [0.4, 0.5) is 4.39 Å². The second kappa shape index (κ2) is 4.40. The van der Waals surface area contributed by atoms with E-state index in [1.807, 2.05) is 6.07 Å². The van der Waals surface area contributed by atoms with E-state index in [4.69, 9.17) is 0 Å². The van der Waals surface area contributed by atoms with E-state index in [1.54, 1.807) is 11.0 Å². The second-order valence-electron chi connectivity index (χ2n) is 3.62. The topological polar surface area (TPSA) is 32.3 Å². The van der Waals surface area contributed by atoms with Crippen molar-refractivity contribution >= 4 is 6.41 Å². The van der Waals surface area contributed by atoms with Crippen molar-refractivity contribution in [1.82, 2.24) is 10.2 Å². The van der Waals surface area contributed by atoms with Crippen molar-refractivity contribution in [3.63, 3.8) is 0 Å². The van der Waals surface area contributed by atoms with E-state index >= 15 is 0 Å². The molecule has 1 aromatic carbocycles.